The van der Waals surface area contributed by atoms with Gasteiger partial charge in [0.15, 0.2) is 0 Å². The molecule has 0 aliphatic carbocycles. The summed E-state index contributed by atoms with van der Waals surface area (Å²) in [6, 6.07) is 0. The quantitative estimate of drug-likeness (QED) is 0.328. The highest BCUT2D eigenvalue weighted by molar-refractivity contribution is 6.29. The minimum absolute atomic E-state index is 0.403. The zero-order chi connectivity index (χ0) is 3.41. The smallest absolute Gasteiger partial charge is 0.207 e. The van der Waals surface area contributed by atoms with E-state index in [1.165, 1.54) is 5.45 Å². The van der Waals surface area contributed by atoms with Crippen molar-refractivity contribution in [3.05, 3.63) is 0 Å². The van der Waals surface area contributed by atoms with E-state index in [4.69, 9.17) is 0 Å². The van der Waals surface area contributed by atoms with Gasteiger partial charge < -0.3 is 0 Å². The van der Waals surface area contributed by atoms with Crippen LogP contribution in [0.1, 0.15) is 0 Å². The average molecular weight is 60.9 g/mol. The van der Waals surface area contributed by atoms with Crippen molar-refractivity contribution in [1.82, 2.24) is 5.45 Å². The fraction of sp³-hybridized carbons (Fsp3) is 1.00. The van der Waals surface area contributed by atoms with Crippen LogP contribution in [0.3, 0.4) is 0 Å². The Labute approximate surface area is 25.4 Å². The summed E-state index contributed by atoms with van der Waals surface area (Å²) >= 11 is 0. The highest BCUT2D eigenvalue weighted by atomic mass is 19.2. The Bertz CT molecular complexity index is 10.0. The van der Waals surface area contributed by atoms with Gasteiger partial charge in [0.25, 0.3) is 0 Å². The molecule has 0 aliphatic heterocycles. The summed E-state index contributed by atoms with van der Waals surface area (Å²) in [5.74, 6) is 0. The molecule has 0 atom stereocenters. The molecule has 0 radical (unpaired) electrons. The number of nitrogens with one attached hydrogen (secondary N) is 1. The van der Waals surface area contributed by atoms with Gasteiger partial charge in [-0.3, -0.25) is 0 Å². The van der Waals surface area contributed by atoms with E-state index in [1.54, 1.807) is 6.82 Å². The number of rotatable bonds is 1. The third-order valence-electron chi connectivity index (χ3n) is 0.134. The van der Waals surface area contributed by atoms with Crippen LogP contribution in [-0.2, 0) is 0 Å². The molecule has 0 saturated heterocycles. The van der Waals surface area contributed by atoms with Gasteiger partial charge in [-0.1, -0.05) is 6.82 Å². The van der Waals surface area contributed by atoms with E-state index < -0.39 is 0 Å². The van der Waals surface area contributed by atoms with Gasteiger partial charge in [-0.2, -0.15) is 4.48 Å². The summed E-state index contributed by atoms with van der Waals surface area (Å²) in [7, 11) is 0.403. The van der Waals surface area contributed by atoms with E-state index in [0.717, 1.165) is 0 Å². The van der Waals surface area contributed by atoms with Crippen molar-refractivity contribution >= 4 is 7.41 Å². The fourth-order valence-electron chi connectivity index (χ4n) is 0. The molecule has 0 unspecified atom stereocenters. The predicted octanol–water partition coefficient (Wildman–Crippen LogP) is -0.140. The standard InChI is InChI=1S/CH5BFN/c1-2-4-3/h2,4H,1H3. The second-order valence-corrected chi connectivity index (χ2v) is 0.487. The van der Waals surface area contributed by atoms with Crippen LogP contribution in [0.15, 0.2) is 0 Å². The second-order valence-electron chi connectivity index (χ2n) is 0.487. The lowest BCUT2D eigenvalue weighted by molar-refractivity contribution is 0.449. The van der Waals surface area contributed by atoms with Crippen LogP contribution in [0.4, 0.5) is 4.48 Å². The van der Waals surface area contributed by atoms with Gasteiger partial charge in [-0.05, 0) is 0 Å². The monoisotopic (exact) mass is 61.0 g/mol. The molecule has 24 valence electrons. The topological polar surface area (TPSA) is 12.0 Å². The predicted molar refractivity (Wildman–Crippen MR) is 17.3 cm³/mol. The van der Waals surface area contributed by atoms with Crippen molar-refractivity contribution in [3.8, 4) is 0 Å². The van der Waals surface area contributed by atoms with Crippen LogP contribution >= 0.6 is 0 Å². The van der Waals surface area contributed by atoms with Gasteiger partial charge >= 0.3 is 0 Å². The molecule has 0 aromatic rings. The zero-order valence-corrected chi connectivity index (χ0v) is 2.59. The third-order valence-corrected chi connectivity index (χ3v) is 0.134. The summed E-state index contributed by atoms with van der Waals surface area (Å²) in [5, 5.41) is 0. The molecule has 0 amide bonds. The van der Waals surface area contributed by atoms with Crippen molar-refractivity contribution in [2.24, 2.45) is 0 Å². The van der Waals surface area contributed by atoms with Crippen LogP contribution in [0, 0.1) is 0 Å². The first kappa shape index (κ1) is 3.95. The molecule has 0 heterocycles. The van der Waals surface area contributed by atoms with E-state index in [-0.39, 0.29) is 0 Å². The van der Waals surface area contributed by atoms with E-state index >= 15 is 0 Å². The molecule has 1 N–H and O–H groups in total. The summed E-state index contributed by atoms with van der Waals surface area (Å²) in [6.07, 6.45) is 0. The fourth-order valence-corrected chi connectivity index (χ4v) is 0. The van der Waals surface area contributed by atoms with Gasteiger partial charge in [0.05, 0.1) is 0 Å². The van der Waals surface area contributed by atoms with Crippen molar-refractivity contribution in [2.45, 2.75) is 6.82 Å². The maximum Gasteiger partial charge on any atom is 0.238 e. The second kappa shape index (κ2) is 2.95. The molecular formula is CH5BFN. The van der Waals surface area contributed by atoms with Crippen LogP contribution in [0.25, 0.3) is 0 Å². The zero-order valence-electron chi connectivity index (χ0n) is 2.59. The van der Waals surface area contributed by atoms with Gasteiger partial charge in [0, 0.05) is 0 Å². The molecule has 4 heavy (non-hydrogen) atoms. The highest BCUT2D eigenvalue weighted by Crippen LogP contribution is 1.40. The average Bonchev–Trinajstić information content (AvgIpc) is 1.37. The Balaban J connectivity index is 1.97. The Morgan fingerprint density at radius 2 is 2.25 bits per heavy atom. The van der Waals surface area contributed by atoms with Crippen molar-refractivity contribution in [1.29, 1.82) is 0 Å². The van der Waals surface area contributed by atoms with Gasteiger partial charge in [-0.15, -0.1) is 0 Å². The molecule has 3 heteroatoms. The lowest BCUT2D eigenvalue weighted by Gasteiger charge is -1.66. The van der Waals surface area contributed by atoms with Gasteiger partial charge in [-0.25, -0.2) is 5.45 Å². The first-order valence-electron chi connectivity index (χ1n) is 1.25. The first-order valence-corrected chi connectivity index (χ1v) is 1.25. The van der Waals surface area contributed by atoms with Gasteiger partial charge in [0.1, 0.15) is 0 Å². The molecule has 0 aliphatic rings. The van der Waals surface area contributed by atoms with Crippen molar-refractivity contribution in [2.75, 3.05) is 0 Å². The van der Waals surface area contributed by atoms with Crippen molar-refractivity contribution < 1.29 is 4.48 Å². The largest absolute Gasteiger partial charge is 0.238 e. The Hall–Kier alpha value is -0.0451. The number of hydrogen-bond acceptors (Lipinski definition) is 1. The summed E-state index contributed by atoms with van der Waals surface area (Å²) in [4.78, 5) is 0. The molecule has 0 spiro atoms. The number of hydrogen-bond donors (Lipinski definition) is 1. The normalized spacial score (nSPS) is 6.50. The maximum absolute atomic E-state index is 10.5. The minimum atomic E-state index is 0.403. The van der Waals surface area contributed by atoms with Gasteiger partial charge in [0.2, 0.25) is 7.41 Å². The van der Waals surface area contributed by atoms with Crippen LogP contribution in [-0.4, -0.2) is 7.41 Å². The summed E-state index contributed by atoms with van der Waals surface area (Å²) in [5.41, 5.74) is 1.43. The molecule has 0 saturated carbocycles. The van der Waals surface area contributed by atoms with Crippen LogP contribution in [0.5, 0.6) is 0 Å². The van der Waals surface area contributed by atoms with Crippen LogP contribution in [0.2, 0.25) is 6.82 Å². The summed E-state index contributed by atoms with van der Waals surface area (Å²) < 4.78 is 10.5. The molecule has 0 bridgehead atoms. The van der Waals surface area contributed by atoms with Crippen molar-refractivity contribution in [3.63, 3.8) is 0 Å². The molecule has 0 aromatic carbocycles. The molecule has 1 nitrogen and oxygen atoms in total. The number of halogens is 1. The van der Waals surface area contributed by atoms with E-state index in [0.29, 0.717) is 7.41 Å². The minimum Gasteiger partial charge on any atom is -0.207 e. The summed E-state index contributed by atoms with van der Waals surface area (Å²) in [6.45, 7) is 1.69. The Kier molecular flexibility index (Phi) is 2.92. The van der Waals surface area contributed by atoms with E-state index in [1.807, 2.05) is 0 Å². The highest BCUT2D eigenvalue weighted by Gasteiger charge is 1.62. The van der Waals surface area contributed by atoms with E-state index in [9.17, 15) is 4.48 Å². The molecule has 0 rings (SSSR count). The van der Waals surface area contributed by atoms with Crippen LogP contribution < -0.4 is 5.45 Å². The lowest BCUT2D eigenvalue weighted by Crippen LogP contribution is -1.99. The first-order chi connectivity index (χ1) is 1.91. The Morgan fingerprint density at radius 1 is 2.00 bits per heavy atom. The molecular weight excluding hydrogens is 55.8 g/mol. The molecule has 0 aromatic heterocycles. The molecule has 0 fully saturated rings. The third kappa shape index (κ3) is 1.95. The maximum atomic E-state index is 10.5. The Morgan fingerprint density at radius 3 is 2.25 bits per heavy atom. The SMILES string of the molecule is CBNF. The van der Waals surface area contributed by atoms with E-state index in [2.05, 4.69) is 0 Å². The lowest BCUT2D eigenvalue weighted by atomic mass is 10.0.